The van der Waals surface area contributed by atoms with E-state index in [4.69, 9.17) is 0 Å². The molecule has 3 heteroatoms. The molecule has 0 N–H and O–H groups in total. The molecule has 3 nitrogen and oxygen atoms in total. The minimum absolute atomic E-state index is 0.228. The minimum Gasteiger partial charge on any atom is -0.393 e. The Labute approximate surface area is 71.4 Å². The molecular formula is C9H12O3. The first-order valence-electron chi connectivity index (χ1n) is 3.98. The summed E-state index contributed by atoms with van der Waals surface area (Å²) < 4.78 is 4.40. The third-order valence-electron chi connectivity index (χ3n) is 1.88. The smallest absolute Gasteiger partial charge is 0.317 e. The summed E-state index contributed by atoms with van der Waals surface area (Å²) in [5.41, 5.74) is 1.03. The molecule has 0 radical (unpaired) electrons. The van der Waals surface area contributed by atoms with Crippen molar-refractivity contribution >= 4 is 11.9 Å². The van der Waals surface area contributed by atoms with Crippen LogP contribution in [-0.2, 0) is 14.3 Å². The molecule has 1 saturated heterocycles. The van der Waals surface area contributed by atoms with Crippen molar-refractivity contribution in [2.75, 3.05) is 0 Å². The zero-order chi connectivity index (χ0) is 9.14. The summed E-state index contributed by atoms with van der Waals surface area (Å²) in [7, 11) is 0. The van der Waals surface area contributed by atoms with Gasteiger partial charge in [0.15, 0.2) is 0 Å². The molecule has 0 aliphatic carbocycles. The number of carbonyl (C=O) groups is 2. The predicted octanol–water partition coefficient (Wildman–Crippen LogP) is 1.43. The number of hydrogen-bond acceptors (Lipinski definition) is 3. The second-order valence-corrected chi connectivity index (χ2v) is 3.19. The van der Waals surface area contributed by atoms with Gasteiger partial charge in [0.05, 0.1) is 12.3 Å². The molecule has 66 valence electrons. The Morgan fingerprint density at radius 3 is 2.75 bits per heavy atom. The van der Waals surface area contributed by atoms with Crippen LogP contribution in [0.15, 0.2) is 12.2 Å². The van der Waals surface area contributed by atoms with E-state index < -0.39 is 5.97 Å². The normalized spacial score (nSPS) is 22.6. The maximum atomic E-state index is 10.9. The van der Waals surface area contributed by atoms with Gasteiger partial charge in [-0.25, -0.2) is 0 Å². The lowest BCUT2D eigenvalue weighted by atomic mass is 9.99. The average molecular weight is 168 g/mol. The van der Waals surface area contributed by atoms with Gasteiger partial charge in [-0.2, -0.15) is 0 Å². The lowest BCUT2D eigenvalue weighted by Gasteiger charge is -2.02. The number of esters is 2. The zero-order valence-electron chi connectivity index (χ0n) is 7.13. The van der Waals surface area contributed by atoms with Crippen molar-refractivity contribution in [2.24, 2.45) is 5.92 Å². The lowest BCUT2D eigenvalue weighted by Crippen LogP contribution is -2.07. The highest BCUT2D eigenvalue weighted by molar-refractivity contribution is 5.94. The van der Waals surface area contributed by atoms with Crippen molar-refractivity contribution in [3.05, 3.63) is 12.2 Å². The molecule has 0 spiro atoms. The number of cyclic esters (lactones) is 2. The van der Waals surface area contributed by atoms with Gasteiger partial charge in [0.25, 0.3) is 0 Å². The molecule has 0 amide bonds. The summed E-state index contributed by atoms with van der Waals surface area (Å²) in [5, 5.41) is 0. The molecule has 0 bridgehead atoms. The first-order valence-corrected chi connectivity index (χ1v) is 3.98. The molecule has 1 unspecified atom stereocenters. The van der Waals surface area contributed by atoms with Crippen LogP contribution in [0.4, 0.5) is 0 Å². The standard InChI is InChI=1S/C9H12O3/c1-6(2)3-4-7-5-8(10)12-9(7)11/h7H,1,3-5H2,2H3. The summed E-state index contributed by atoms with van der Waals surface area (Å²) in [5.74, 6) is -0.998. The first kappa shape index (κ1) is 8.97. The molecule has 1 heterocycles. The van der Waals surface area contributed by atoms with Gasteiger partial charge in [-0.15, -0.1) is 6.58 Å². The van der Waals surface area contributed by atoms with Crippen LogP contribution in [0.3, 0.4) is 0 Å². The fourth-order valence-corrected chi connectivity index (χ4v) is 1.16. The van der Waals surface area contributed by atoms with Crippen molar-refractivity contribution < 1.29 is 14.3 Å². The minimum atomic E-state index is -0.397. The second kappa shape index (κ2) is 3.52. The molecule has 1 rings (SSSR count). The molecule has 1 aliphatic rings. The molecule has 0 aromatic rings. The van der Waals surface area contributed by atoms with Crippen molar-refractivity contribution in [3.63, 3.8) is 0 Å². The van der Waals surface area contributed by atoms with Gasteiger partial charge in [0.1, 0.15) is 0 Å². The van der Waals surface area contributed by atoms with Crippen LogP contribution < -0.4 is 0 Å². The molecular weight excluding hydrogens is 156 g/mol. The topological polar surface area (TPSA) is 43.4 Å². The van der Waals surface area contributed by atoms with Crippen LogP contribution in [0.1, 0.15) is 26.2 Å². The predicted molar refractivity (Wildman–Crippen MR) is 43.3 cm³/mol. The molecule has 0 saturated carbocycles. The summed E-state index contributed by atoms with van der Waals surface area (Å²) in [6.07, 6.45) is 1.71. The fourth-order valence-electron chi connectivity index (χ4n) is 1.16. The molecule has 0 aromatic carbocycles. The fraction of sp³-hybridized carbons (Fsp3) is 0.556. The third kappa shape index (κ3) is 2.19. The zero-order valence-corrected chi connectivity index (χ0v) is 7.13. The van der Waals surface area contributed by atoms with Gasteiger partial charge in [-0.1, -0.05) is 5.57 Å². The Morgan fingerprint density at radius 1 is 1.67 bits per heavy atom. The molecule has 1 aliphatic heterocycles. The van der Waals surface area contributed by atoms with Crippen LogP contribution in [0.25, 0.3) is 0 Å². The van der Waals surface area contributed by atoms with Crippen molar-refractivity contribution in [1.29, 1.82) is 0 Å². The van der Waals surface area contributed by atoms with Crippen LogP contribution >= 0.6 is 0 Å². The van der Waals surface area contributed by atoms with Gasteiger partial charge < -0.3 is 4.74 Å². The first-order chi connectivity index (χ1) is 5.59. The van der Waals surface area contributed by atoms with Crippen LogP contribution in [0, 0.1) is 5.92 Å². The van der Waals surface area contributed by atoms with Crippen molar-refractivity contribution in [3.8, 4) is 0 Å². The Kier molecular flexibility index (Phi) is 2.63. The van der Waals surface area contributed by atoms with E-state index in [0.717, 1.165) is 12.0 Å². The average Bonchev–Trinajstić information content (AvgIpc) is 2.26. The SMILES string of the molecule is C=C(C)CCC1CC(=O)OC1=O. The lowest BCUT2D eigenvalue weighted by molar-refractivity contribution is -0.153. The summed E-state index contributed by atoms with van der Waals surface area (Å²) in [4.78, 5) is 21.6. The van der Waals surface area contributed by atoms with Crippen molar-refractivity contribution in [1.82, 2.24) is 0 Å². The number of carbonyl (C=O) groups excluding carboxylic acids is 2. The maximum Gasteiger partial charge on any atom is 0.317 e. The number of allylic oxidation sites excluding steroid dienone is 1. The van der Waals surface area contributed by atoms with E-state index in [2.05, 4.69) is 11.3 Å². The Hall–Kier alpha value is -1.12. The highest BCUT2D eigenvalue weighted by Gasteiger charge is 2.32. The Bertz CT molecular complexity index is 230. The van der Waals surface area contributed by atoms with E-state index in [-0.39, 0.29) is 18.3 Å². The maximum absolute atomic E-state index is 10.9. The molecule has 0 aromatic heterocycles. The van der Waals surface area contributed by atoms with Crippen LogP contribution in [-0.4, -0.2) is 11.9 Å². The van der Waals surface area contributed by atoms with Gasteiger partial charge in [-0.05, 0) is 19.8 Å². The number of ether oxygens (including phenoxy) is 1. The van der Waals surface area contributed by atoms with E-state index in [9.17, 15) is 9.59 Å². The Morgan fingerprint density at radius 2 is 2.33 bits per heavy atom. The third-order valence-corrected chi connectivity index (χ3v) is 1.88. The van der Waals surface area contributed by atoms with Crippen LogP contribution in [0.5, 0.6) is 0 Å². The summed E-state index contributed by atoms with van der Waals surface area (Å²) in [6, 6.07) is 0. The van der Waals surface area contributed by atoms with Crippen LogP contribution in [0.2, 0.25) is 0 Å². The van der Waals surface area contributed by atoms with E-state index in [1.807, 2.05) is 6.92 Å². The van der Waals surface area contributed by atoms with E-state index in [0.29, 0.717) is 6.42 Å². The second-order valence-electron chi connectivity index (χ2n) is 3.19. The highest BCUT2D eigenvalue weighted by atomic mass is 16.6. The van der Waals surface area contributed by atoms with Gasteiger partial charge >= 0.3 is 11.9 Å². The van der Waals surface area contributed by atoms with Gasteiger partial charge in [0, 0.05) is 0 Å². The van der Waals surface area contributed by atoms with Gasteiger partial charge in [-0.3, -0.25) is 9.59 Å². The van der Waals surface area contributed by atoms with Crippen molar-refractivity contribution in [2.45, 2.75) is 26.2 Å². The largest absolute Gasteiger partial charge is 0.393 e. The summed E-state index contributed by atoms with van der Waals surface area (Å²) in [6.45, 7) is 5.63. The molecule has 12 heavy (non-hydrogen) atoms. The summed E-state index contributed by atoms with van der Waals surface area (Å²) >= 11 is 0. The van der Waals surface area contributed by atoms with E-state index in [1.54, 1.807) is 0 Å². The van der Waals surface area contributed by atoms with Gasteiger partial charge in [0.2, 0.25) is 0 Å². The van der Waals surface area contributed by atoms with E-state index in [1.165, 1.54) is 0 Å². The van der Waals surface area contributed by atoms with E-state index >= 15 is 0 Å². The molecule has 1 fully saturated rings. The Balaban J connectivity index is 2.38. The number of hydrogen-bond donors (Lipinski definition) is 0. The number of rotatable bonds is 3. The molecule has 1 atom stereocenters. The quantitative estimate of drug-likeness (QED) is 0.364. The monoisotopic (exact) mass is 168 g/mol. The highest BCUT2D eigenvalue weighted by Crippen LogP contribution is 2.22.